The maximum atomic E-state index is 13.7. The van der Waals surface area contributed by atoms with Gasteiger partial charge in [0.15, 0.2) is 0 Å². The zero-order valence-electron chi connectivity index (χ0n) is 18.4. The van der Waals surface area contributed by atoms with Crippen molar-refractivity contribution in [2.75, 3.05) is 26.7 Å². The summed E-state index contributed by atoms with van der Waals surface area (Å²) in [7, 11) is -2.22. The number of aliphatic carboxylic acids is 1. The molecule has 33 heavy (non-hydrogen) atoms. The summed E-state index contributed by atoms with van der Waals surface area (Å²) in [5.41, 5.74) is 2.54. The van der Waals surface area contributed by atoms with E-state index < -0.39 is 16.0 Å². The topological polar surface area (TPSA) is 96.3 Å². The van der Waals surface area contributed by atoms with Gasteiger partial charge in [-0.25, -0.2) is 12.8 Å². The minimum atomic E-state index is -3.74. The van der Waals surface area contributed by atoms with Crippen molar-refractivity contribution in [1.82, 2.24) is 4.31 Å². The lowest BCUT2D eigenvalue weighted by Gasteiger charge is -2.38. The van der Waals surface area contributed by atoms with Gasteiger partial charge in [0.05, 0.1) is 12.0 Å². The predicted octanol–water partition coefficient (Wildman–Crippen LogP) is 3.37. The lowest BCUT2D eigenvalue weighted by molar-refractivity contribution is -0.138. The third kappa shape index (κ3) is 5.09. The number of fused-ring (bicyclic) bond motifs is 1. The second-order valence-corrected chi connectivity index (χ2v) is 10.5. The molecular formula is C24H27FN2O5S. The number of carbonyl (C=O) groups is 1. The second kappa shape index (κ2) is 9.61. The van der Waals surface area contributed by atoms with Crippen LogP contribution in [0.2, 0.25) is 0 Å². The highest BCUT2D eigenvalue weighted by Gasteiger charge is 2.37. The Morgan fingerprint density at radius 1 is 1.21 bits per heavy atom. The van der Waals surface area contributed by atoms with E-state index in [0.717, 1.165) is 16.8 Å². The molecule has 4 rings (SSSR count). The Hall–Kier alpha value is -2.78. The first kappa shape index (κ1) is 23.4. The molecule has 1 N–H and O–H groups in total. The summed E-state index contributed by atoms with van der Waals surface area (Å²) in [5.74, 6) is -1.01. The van der Waals surface area contributed by atoms with Gasteiger partial charge < -0.3 is 9.84 Å². The molecule has 0 bridgehead atoms. The molecular weight excluding hydrogens is 447 g/mol. The molecule has 0 radical (unpaired) electrons. The standard InChI is InChI=1S/C24H27FN2O5S/c1-32-20-3-5-21(6-4-20)33(30,31)27-11-9-16(14-24(28)29)18(15-27)13-23-22-7-2-19(25)12-17(22)8-10-26-23/h2-7,12,16,18H,8-11,13-15H2,1H3,(H,28,29)/t16-,18-/m0/s1. The van der Waals surface area contributed by atoms with Crippen LogP contribution in [0.3, 0.4) is 0 Å². The number of methoxy groups -OCH3 is 1. The van der Waals surface area contributed by atoms with E-state index in [2.05, 4.69) is 4.99 Å². The van der Waals surface area contributed by atoms with E-state index in [4.69, 9.17) is 4.74 Å². The first-order valence-electron chi connectivity index (χ1n) is 11.0. The Morgan fingerprint density at radius 2 is 1.97 bits per heavy atom. The van der Waals surface area contributed by atoms with Gasteiger partial charge in [0.1, 0.15) is 11.6 Å². The number of sulfonamides is 1. The molecule has 7 nitrogen and oxygen atoms in total. The summed E-state index contributed by atoms with van der Waals surface area (Å²) in [6.45, 7) is 1.01. The molecule has 2 aromatic rings. The SMILES string of the molecule is COc1ccc(S(=O)(=O)N2CC[C@@H](CC(=O)O)[C@@H](CC3=NCCc4cc(F)ccc43)C2)cc1. The number of nitrogens with zero attached hydrogens (tertiary/aromatic N) is 2. The van der Waals surface area contributed by atoms with Crippen LogP contribution in [0.4, 0.5) is 4.39 Å². The summed E-state index contributed by atoms with van der Waals surface area (Å²) in [6.07, 6.45) is 1.53. The summed E-state index contributed by atoms with van der Waals surface area (Å²) in [6, 6.07) is 10.9. The number of carboxylic acid groups (broad SMARTS) is 1. The monoisotopic (exact) mass is 474 g/mol. The van der Waals surface area contributed by atoms with E-state index in [1.54, 1.807) is 18.2 Å². The van der Waals surface area contributed by atoms with E-state index in [1.165, 1.54) is 35.7 Å². The molecule has 1 saturated heterocycles. The van der Waals surface area contributed by atoms with Crippen molar-refractivity contribution in [3.63, 3.8) is 0 Å². The average molecular weight is 475 g/mol. The lowest BCUT2D eigenvalue weighted by Crippen LogP contribution is -2.45. The van der Waals surface area contributed by atoms with Crippen molar-refractivity contribution < 1.29 is 27.4 Å². The second-order valence-electron chi connectivity index (χ2n) is 8.53. The van der Waals surface area contributed by atoms with Crippen molar-refractivity contribution in [1.29, 1.82) is 0 Å². The Labute approximate surface area is 193 Å². The highest BCUT2D eigenvalue weighted by Crippen LogP contribution is 2.34. The van der Waals surface area contributed by atoms with Crippen LogP contribution in [0.5, 0.6) is 5.75 Å². The minimum absolute atomic E-state index is 0.0232. The van der Waals surface area contributed by atoms with Gasteiger partial charge in [-0.15, -0.1) is 0 Å². The molecule has 0 aliphatic carbocycles. The van der Waals surface area contributed by atoms with E-state index >= 15 is 0 Å². The van der Waals surface area contributed by atoms with Crippen LogP contribution in [0.25, 0.3) is 0 Å². The third-order valence-electron chi connectivity index (χ3n) is 6.51. The fourth-order valence-electron chi connectivity index (χ4n) is 4.76. The predicted molar refractivity (Wildman–Crippen MR) is 122 cm³/mol. The normalized spacial score (nSPS) is 21.2. The summed E-state index contributed by atoms with van der Waals surface area (Å²) >= 11 is 0. The molecule has 0 aromatic heterocycles. The fourth-order valence-corrected chi connectivity index (χ4v) is 6.27. The van der Waals surface area contributed by atoms with Crippen molar-refractivity contribution in [3.8, 4) is 5.75 Å². The number of benzene rings is 2. The van der Waals surface area contributed by atoms with Gasteiger partial charge in [0, 0.05) is 31.8 Å². The number of carboxylic acids is 1. The minimum Gasteiger partial charge on any atom is -0.497 e. The number of hydrogen-bond acceptors (Lipinski definition) is 5. The Kier molecular flexibility index (Phi) is 6.81. The number of halogens is 1. The zero-order valence-corrected chi connectivity index (χ0v) is 19.2. The van der Waals surface area contributed by atoms with Crippen LogP contribution in [-0.4, -0.2) is 56.3 Å². The van der Waals surface area contributed by atoms with E-state index in [9.17, 15) is 22.7 Å². The van der Waals surface area contributed by atoms with Crippen molar-refractivity contribution in [3.05, 3.63) is 59.4 Å². The van der Waals surface area contributed by atoms with Crippen LogP contribution in [0, 0.1) is 17.7 Å². The third-order valence-corrected chi connectivity index (χ3v) is 8.39. The summed E-state index contributed by atoms with van der Waals surface area (Å²) in [4.78, 5) is 16.3. The Balaban J connectivity index is 1.59. The van der Waals surface area contributed by atoms with E-state index in [1.807, 2.05) is 0 Å². The number of hydrogen-bond donors (Lipinski definition) is 1. The quantitative estimate of drug-likeness (QED) is 0.664. The maximum absolute atomic E-state index is 13.7. The molecule has 0 unspecified atom stereocenters. The number of ether oxygens (including phenoxy) is 1. The highest BCUT2D eigenvalue weighted by molar-refractivity contribution is 7.89. The number of aliphatic imine (C=N–C) groups is 1. The Morgan fingerprint density at radius 3 is 2.67 bits per heavy atom. The van der Waals surface area contributed by atoms with Gasteiger partial charge in [-0.05, 0) is 84.7 Å². The smallest absolute Gasteiger partial charge is 0.303 e. The van der Waals surface area contributed by atoms with E-state index in [-0.39, 0.29) is 42.1 Å². The van der Waals surface area contributed by atoms with Crippen molar-refractivity contribution in [2.45, 2.75) is 30.6 Å². The van der Waals surface area contributed by atoms with Gasteiger partial charge >= 0.3 is 5.97 Å². The fraction of sp³-hybridized carbons (Fsp3) is 0.417. The maximum Gasteiger partial charge on any atom is 0.303 e. The molecule has 0 spiro atoms. The molecule has 9 heteroatoms. The first-order chi connectivity index (χ1) is 15.8. The first-order valence-corrected chi connectivity index (χ1v) is 12.4. The zero-order chi connectivity index (χ0) is 23.6. The summed E-state index contributed by atoms with van der Waals surface area (Å²) < 4.78 is 46.8. The number of rotatable bonds is 7. The summed E-state index contributed by atoms with van der Waals surface area (Å²) in [5, 5.41) is 9.42. The van der Waals surface area contributed by atoms with Gasteiger partial charge in [0.2, 0.25) is 10.0 Å². The molecule has 1 fully saturated rings. The van der Waals surface area contributed by atoms with Crippen LogP contribution >= 0.6 is 0 Å². The molecule has 2 aromatic carbocycles. The van der Waals surface area contributed by atoms with Crippen molar-refractivity contribution >= 4 is 21.7 Å². The molecule has 2 aliphatic rings. The molecule has 0 amide bonds. The van der Waals surface area contributed by atoms with Crippen molar-refractivity contribution in [2.24, 2.45) is 16.8 Å². The molecule has 2 atom stereocenters. The largest absolute Gasteiger partial charge is 0.497 e. The van der Waals surface area contributed by atoms with Gasteiger partial charge in [-0.3, -0.25) is 9.79 Å². The highest BCUT2D eigenvalue weighted by atomic mass is 32.2. The molecule has 2 heterocycles. The molecule has 176 valence electrons. The van der Waals surface area contributed by atoms with Crippen LogP contribution in [-0.2, 0) is 21.2 Å². The van der Waals surface area contributed by atoms with Crippen LogP contribution in [0.15, 0.2) is 52.4 Å². The number of piperidine rings is 1. The van der Waals surface area contributed by atoms with Gasteiger partial charge in [-0.1, -0.05) is 0 Å². The lowest BCUT2D eigenvalue weighted by atomic mass is 9.79. The molecule has 0 saturated carbocycles. The van der Waals surface area contributed by atoms with Crippen LogP contribution in [0.1, 0.15) is 30.4 Å². The average Bonchev–Trinajstić information content (AvgIpc) is 2.79. The van der Waals surface area contributed by atoms with Gasteiger partial charge in [-0.2, -0.15) is 4.31 Å². The van der Waals surface area contributed by atoms with Crippen LogP contribution < -0.4 is 4.74 Å². The van der Waals surface area contributed by atoms with Gasteiger partial charge in [0.25, 0.3) is 0 Å². The molecule has 2 aliphatic heterocycles. The van der Waals surface area contributed by atoms with E-state index in [0.29, 0.717) is 31.6 Å². The Bertz CT molecular complexity index is 1160.